The summed E-state index contributed by atoms with van der Waals surface area (Å²) in [5, 5.41) is 128. The average Bonchev–Trinajstić information content (AvgIpc) is 3.16. The fourth-order valence-electron chi connectivity index (χ4n) is 13.2. The molecular formula is C39H64N4O16. The lowest BCUT2D eigenvalue weighted by molar-refractivity contribution is -0.302. The third-order valence-corrected chi connectivity index (χ3v) is 15.6. The molecule has 16 N–H and O–H groups in total. The van der Waals surface area contributed by atoms with E-state index in [2.05, 4.69) is 21.3 Å². The van der Waals surface area contributed by atoms with Gasteiger partial charge in [-0.1, -0.05) is 0 Å². The Morgan fingerprint density at radius 3 is 0.559 bits per heavy atom. The number of nitrogens with one attached hydrogen (secondary N) is 4. The number of rotatable bonds is 20. The minimum Gasteiger partial charge on any atom is -0.394 e. The lowest BCUT2D eigenvalue weighted by Crippen LogP contribution is -2.76. The summed E-state index contributed by atoms with van der Waals surface area (Å²) in [5.41, 5.74) is -11.2. The molecule has 336 valence electrons. The monoisotopic (exact) mass is 844 g/mol. The molecule has 0 aromatic heterocycles. The molecule has 5 spiro atoms. The summed E-state index contributed by atoms with van der Waals surface area (Å²) in [6, 6.07) is 0. The van der Waals surface area contributed by atoms with Crippen molar-refractivity contribution in [1.29, 1.82) is 0 Å². The van der Waals surface area contributed by atoms with Gasteiger partial charge in [0.1, 0.15) is 33.0 Å². The largest absolute Gasteiger partial charge is 0.394 e. The van der Waals surface area contributed by atoms with Crippen LogP contribution in [-0.4, -0.2) is 186 Å². The van der Waals surface area contributed by atoms with E-state index in [0.29, 0.717) is 0 Å². The van der Waals surface area contributed by atoms with Crippen molar-refractivity contribution in [2.24, 2.45) is 37.9 Å². The van der Waals surface area contributed by atoms with Crippen molar-refractivity contribution in [3.63, 3.8) is 0 Å². The van der Waals surface area contributed by atoms with Crippen molar-refractivity contribution in [2.75, 3.05) is 79.3 Å². The molecule has 0 bridgehead atoms. The van der Waals surface area contributed by atoms with E-state index in [1.54, 1.807) is 0 Å². The standard InChI is InChI=1S/C39H64N4O16/c44-13-34(14-45,15-46)40-25(56)38(26(57)41-35(16-47,17-48)18-49)9-32(10-38)5-30(6-32)1-29(2-30)3-31(4-29)7-33(8-31)11-39(12-33,27(58)42-36(19-50,20-51)21-52)28(59)43-37(22-53,23-54)24-55/h44-55H,1-24H2,(H,40,56)(H,41,57)(H,42,58)(H,43,59). The molecule has 0 saturated heterocycles. The maximum absolute atomic E-state index is 13.8. The van der Waals surface area contributed by atoms with E-state index >= 15 is 0 Å². The highest BCUT2D eigenvalue weighted by atomic mass is 16.3. The Bertz CT molecular complexity index is 1370. The van der Waals surface area contributed by atoms with Gasteiger partial charge in [0.05, 0.1) is 79.3 Å². The van der Waals surface area contributed by atoms with Gasteiger partial charge in [0.25, 0.3) is 0 Å². The maximum Gasteiger partial charge on any atom is 0.236 e. The second-order valence-electron chi connectivity index (χ2n) is 20.6. The summed E-state index contributed by atoms with van der Waals surface area (Å²) >= 11 is 0. The minimum atomic E-state index is -1.80. The fraction of sp³-hybridized carbons (Fsp3) is 0.897. The fourth-order valence-corrected chi connectivity index (χ4v) is 13.2. The zero-order valence-corrected chi connectivity index (χ0v) is 33.5. The molecule has 6 saturated carbocycles. The van der Waals surface area contributed by atoms with Crippen LogP contribution >= 0.6 is 0 Å². The molecule has 6 aliphatic carbocycles. The summed E-state index contributed by atoms with van der Waals surface area (Å²) in [6.07, 6.45) is 7.34. The number of hydrogen-bond acceptors (Lipinski definition) is 16. The Kier molecular flexibility index (Phi) is 11.9. The SMILES string of the molecule is O=C(NC(CO)(CO)CO)C1(C(=O)NC(CO)(CO)CO)CC2(CC3(CC4(C3)CC3(C4)CC4(C3)CC(C(=O)NC(CO)(CO)CO)(C(=O)NC(CO)(CO)CO)C4)C2)C1. The van der Waals surface area contributed by atoms with Crippen LogP contribution in [0.15, 0.2) is 0 Å². The molecule has 6 fully saturated rings. The van der Waals surface area contributed by atoms with Gasteiger partial charge in [-0.25, -0.2) is 0 Å². The van der Waals surface area contributed by atoms with Gasteiger partial charge in [0.15, 0.2) is 0 Å². The summed E-state index contributed by atoms with van der Waals surface area (Å²) < 4.78 is 0. The minimum absolute atomic E-state index is 0.0251. The number of aliphatic hydroxyl groups is 12. The molecule has 0 heterocycles. The van der Waals surface area contributed by atoms with Crippen molar-refractivity contribution in [3.8, 4) is 0 Å². The third kappa shape index (κ3) is 7.08. The van der Waals surface area contributed by atoms with Crippen LogP contribution in [0, 0.1) is 37.9 Å². The molecule has 6 aliphatic rings. The first-order valence-electron chi connectivity index (χ1n) is 20.3. The Morgan fingerprint density at radius 2 is 0.424 bits per heavy atom. The van der Waals surface area contributed by atoms with Crippen LogP contribution in [0.25, 0.3) is 0 Å². The zero-order chi connectivity index (χ0) is 43.6. The molecule has 59 heavy (non-hydrogen) atoms. The van der Waals surface area contributed by atoms with Gasteiger partial charge in [-0.05, 0) is 104 Å². The topological polar surface area (TPSA) is 359 Å². The van der Waals surface area contributed by atoms with E-state index < -0.39 is 136 Å². The van der Waals surface area contributed by atoms with Gasteiger partial charge in [-0.3, -0.25) is 19.2 Å². The van der Waals surface area contributed by atoms with Gasteiger partial charge in [-0.2, -0.15) is 0 Å². The smallest absolute Gasteiger partial charge is 0.236 e. The highest BCUT2D eigenvalue weighted by Gasteiger charge is 2.79. The molecule has 0 unspecified atom stereocenters. The second-order valence-corrected chi connectivity index (χ2v) is 20.6. The van der Waals surface area contributed by atoms with Crippen LogP contribution in [0.5, 0.6) is 0 Å². The molecule has 20 nitrogen and oxygen atoms in total. The summed E-state index contributed by atoms with van der Waals surface area (Å²) in [4.78, 5) is 55.1. The second kappa shape index (κ2) is 15.3. The van der Waals surface area contributed by atoms with Gasteiger partial charge < -0.3 is 82.5 Å². The van der Waals surface area contributed by atoms with Gasteiger partial charge >= 0.3 is 0 Å². The zero-order valence-electron chi connectivity index (χ0n) is 33.5. The van der Waals surface area contributed by atoms with E-state index in [0.717, 1.165) is 51.4 Å². The molecule has 20 heteroatoms. The lowest BCUT2D eigenvalue weighted by atomic mass is 9.24. The van der Waals surface area contributed by atoms with Gasteiger partial charge in [-0.15, -0.1) is 0 Å². The van der Waals surface area contributed by atoms with Crippen molar-refractivity contribution >= 4 is 23.6 Å². The third-order valence-electron chi connectivity index (χ3n) is 15.6. The normalized spacial score (nSPS) is 24.5. The predicted molar refractivity (Wildman–Crippen MR) is 201 cm³/mol. The van der Waals surface area contributed by atoms with Crippen LogP contribution in [0.2, 0.25) is 0 Å². The van der Waals surface area contributed by atoms with Crippen LogP contribution < -0.4 is 21.3 Å². The highest BCUT2D eigenvalue weighted by molar-refractivity contribution is 6.07. The van der Waals surface area contributed by atoms with E-state index in [4.69, 9.17) is 0 Å². The number of amides is 4. The first-order valence-corrected chi connectivity index (χ1v) is 20.3. The van der Waals surface area contributed by atoms with Crippen LogP contribution in [0.1, 0.15) is 77.0 Å². The Hall–Kier alpha value is -2.60. The van der Waals surface area contributed by atoms with E-state index in [9.17, 15) is 80.5 Å². The number of aliphatic hydroxyl groups excluding tert-OH is 12. The molecular weight excluding hydrogens is 780 g/mol. The lowest BCUT2D eigenvalue weighted by Gasteiger charge is -2.80. The molecule has 0 aromatic carbocycles. The Morgan fingerprint density at radius 1 is 0.288 bits per heavy atom. The van der Waals surface area contributed by atoms with Crippen LogP contribution in [-0.2, 0) is 19.2 Å². The summed E-state index contributed by atoms with van der Waals surface area (Å²) in [7, 11) is 0. The molecule has 0 atom stereocenters. The quantitative estimate of drug-likeness (QED) is 0.0507. The summed E-state index contributed by atoms with van der Waals surface area (Å²) in [6.45, 7) is -9.63. The van der Waals surface area contributed by atoms with E-state index in [-0.39, 0.29) is 52.8 Å². The number of carbonyl (C=O) groups is 4. The number of hydrogen-bond donors (Lipinski definition) is 16. The van der Waals surface area contributed by atoms with Gasteiger partial charge in [0.2, 0.25) is 23.6 Å². The number of carbonyl (C=O) groups excluding carboxylic acids is 4. The average molecular weight is 845 g/mol. The molecule has 6 rings (SSSR count). The molecule has 0 radical (unpaired) electrons. The van der Waals surface area contributed by atoms with Crippen molar-refractivity contribution in [1.82, 2.24) is 21.3 Å². The van der Waals surface area contributed by atoms with E-state index in [1.165, 1.54) is 0 Å². The first kappa shape index (κ1) is 45.9. The predicted octanol–water partition coefficient (Wildman–Crippen LogP) is -6.02. The molecule has 4 amide bonds. The molecule has 0 aromatic rings. The first-order chi connectivity index (χ1) is 27.7. The van der Waals surface area contributed by atoms with Gasteiger partial charge in [0, 0.05) is 0 Å². The van der Waals surface area contributed by atoms with Crippen LogP contribution in [0.3, 0.4) is 0 Å². The van der Waals surface area contributed by atoms with Crippen molar-refractivity contribution in [3.05, 3.63) is 0 Å². The Balaban J connectivity index is 1.07. The van der Waals surface area contributed by atoms with Crippen LogP contribution in [0.4, 0.5) is 0 Å². The molecule has 0 aliphatic heterocycles. The van der Waals surface area contributed by atoms with E-state index in [1.807, 2.05) is 0 Å². The summed E-state index contributed by atoms with van der Waals surface area (Å²) in [5.74, 6) is -3.31. The maximum atomic E-state index is 13.8. The van der Waals surface area contributed by atoms with Crippen molar-refractivity contribution < 1.29 is 80.5 Å². The highest BCUT2D eigenvalue weighted by Crippen LogP contribution is 2.87. The van der Waals surface area contributed by atoms with Crippen molar-refractivity contribution in [2.45, 2.75) is 99.2 Å². The Labute approximate surface area is 341 Å².